The molecule has 3 nitrogen and oxygen atoms in total. The van der Waals surface area contributed by atoms with E-state index >= 15 is 0 Å². The van der Waals surface area contributed by atoms with Crippen molar-refractivity contribution in [1.82, 2.24) is 0 Å². The number of benzene rings is 2. The lowest BCUT2D eigenvalue weighted by atomic mass is 10.1. The summed E-state index contributed by atoms with van der Waals surface area (Å²) in [4.78, 5) is 0. The number of methoxy groups -OCH3 is 1. The van der Waals surface area contributed by atoms with E-state index in [9.17, 15) is 4.39 Å². The summed E-state index contributed by atoms with van der Waals surface area (Å²) in [6.07, 6.45) is 0. The molecule has 0 unspecified atom stereocenters. The highest BCUT2D eigenvalue weighted by atomic mass is 19.1. The van der Waals surface area contributed by atoms with E-state index in [1.165, 1.54) is 12.1 Å². The molecular weight excluding hydrogens is 245 g/mol. The molecule has 0 fully saturated rings. The molecule has 0 aliphatic rings. The quantitative estimate of drug-likeness (QED) is 0.859. The first-order valence-corrected chi connectivity index (χ1v) is 5.91. The maximum atomic E-state index is 13.0. The maximum absolute atomic E-state index is 13.0. The zero-order valence-electron chi connectivity index (χ0n) is 10.9. The lowest BCUT2D eigenvalue weighted by Crippen LogP contribution is -2.00. The molecule has 2 N–H and O–H groups in total. The lowest BCUT2D eigenvalue weighted by molar-refractivity contribution is 0.284. The average Bonchev–Trinajstić information content (AvgIpc) is 2.39. The number of hydrogen-bond acceptors (Lipinski definition) is 3. The Morgan fingerprint density at radius 2 is 1.89 bits per heavy atom. The second-order valence-corrected chi connectivity index (χ2v) is 4.27. The molecule has 0 heterocycles. The Hall–Kier alpha value is -2.23. The predicted octanol–water partition coefficient (Wildman–Crippen LogP) is 3.30. The molecule has 0 amide bonds. The zero-order valence-corrected chi connectivity index (χ0v) is 10.9. The molecule has 0 saturated heterocycles. The maximum Gasteiger partial charge on any atom is 0.162 e. The Morgan fingerprint density at radius 3 is 2.58 bits per heavy atom. The van der Waals surface area contributed by atoms with Crippen LogP contribution in [0.15, 0.2) is 36.4 Å². The van der Waals surface area contributed by atoms with Crippen LogP contribution in [0.4, 0.5) is 10.1 Å². The van der Waals surface area contributed by atoms with Gasteiger partial charge in [-0.2, -0.15) is 0 Å². The molecular formula is C15H16FNO2. The summed E-state index contributed by atoms with van der Waals surface area (Å²) in [6, 6.07) is 9.83. The SMILES string of the molecule is COc1cc(N)ccc1OCc1ccc(F)cc1C. The van der Waals surface area contributed by atoms with Crippen molar-refractivity contribution in [2.45, 2.75) is 13.5 Å². The minimum atomic E-state index is -0.244. The smallest absolute Gasteiger partial charge is 0.162 e. The van der Waals surface area contributed by atoms with Gasteiger partial charge in [0.25, 0.3) is 0 Å². The van der Waals surface area contributed by atoms with Crippen LogP contribution in [-0.4, -0.2) is 7.11 Å². The van der Waals surface area contributed by atoms with Gasteiger partial charge in [-0.1, -0.05) is 6.07 Å². The highest BCUT2D eigenvalue weighted by molar-refractivity contribution is 5.52. The van der Waals surface area contributed by atoms with E-state index < -0.39 is 0 Å². The lowest BCUT2D eigenvalue weighted by Gasteiger charge is -2.12. The summed E-state index contributed by atoms with van der Waals surface area (Å²) in [5.74, 6) is 0.950. The summed E-state index contributed by atoms with van der Waals surface area (Å²) in [6.45, 7) is 2.20. The third-order valence-electron chi connectivity index (χ3n) is 2.88. The Balaban J connectivity index is 2.14. The molecule has 100 valence electrons. The van der Waals surface area contributed by atoms with E-state index in [2.05, 4.69) is 0 Å². The highest BCUT2D eigenvalue weighted by Gasteiger charge is 2.06. The Kier molecular flexibility index (Phi) is 3.90. The number of nitrogen functional groups attached to an aromatic ring is 1. The Morgan fingerprint density at radius 1 is 1.11 bits per heavy atom. The molecule has 0 aliphatic heterocycles. The van der Waals surface area contributed by atoms with E-state index in [4.69, 9.17) is 15.2 Å². The number of anilines is 1. The van der Waals surface area contributed by atoms with E-state index in [-0.39, 0.29) is 5.82 Å². The van der Waals surface area contributed by atoms with Crippen LogP contribution >= 0.6 is 0 Å². The van der Waals surface area contributed by atoms with Gasteiger partial charge in [0.05, 0.1) is 7.11 Å². The normalized spacial score (nSPS) is 10.3. The minimum Gasteiger partial charge on any atom is -0.493 e. The zero-order chi connectivity index (χ0) is 13.8. The monoisotopic (exact) mass is 261 g/mol. The molecule has 4 heteroatoms. The van der Waals surface area contributed by atoms with Crippen molar-refractivity contribution in [3.05, 3.63) is 53.3 Å². The number of aryl methyl sites for hydroxylation is 1. The van der Waals surface area contributed by atoms with Crippen molar-refractivity contribution >= 4 is 5.69 Å². The molecule has 0 saturated carbocycles. The van der Waals surface area contributed by atoms with Crippen LogP contribution in [0.1, 0.15) is 11.1 Å². The van der Waals surface area contributed by atoms with Gasteiger partial charge in [0, 0.05) is 11.8 Å². The summed E-state index contributed by atoms with van der Waals surface area (Å²) in [5.41, 5.74) is 8.07. The van der Waals surface area contributed by atoms with Crippen LogP contribution in [0.3, 0.4) is 0 Å². The second-order valence-electron chi connectivity index (χ2n) is 4.27. The van der Waals surface area contributed by atoms with Gasteiger partial charge in [-0.25, -0.2) is 4.39 Å². The van der Waals surface area contributed by atoms with E-state index in [1.54, 1.807) is 31.4 Å². The van der Waals surface area contributed by atoms with Crippen LogP contribution in [0.5, 0.6) is 11.5 Å². The van der Waals surface area contributed by atoms with Crippen molar-refractivity contribution in [2.75, 3.05) is 12.8 Å². The molecule has 0 radical (unpaired) electrons. The molecule has 0 atom stereocenters. The number of rotatable bonds is 4. The van der Waals surface area contributed by atoms with Crippen molar-refractivity contribution in [1.29, 1.82) is 0 Å². The van der Waals surface area contributed by atoms with Gasteiger partial charge in [-0.05, 0) is 42.3 Å². The van der Waals surface area contributed by atoms with Gasteiger partial charge in [0.2, 0.25) is 0 Å². The third kappa shape index (κ3) is 3.16. The molecule has 2 aromatic rings. The standard InChI is InChI=1S/C15H16FNO2/c1-10-7-12(16)4-3-11(10)9-19-14-6-5-13(17)8-15(14)18-2/h3-8H,9,17H2,1-2H3. The van der Waals surface area contributed by atoms with Gasteiger partial charge in [0.1, 0.15) is 12.4 Å². The van der Waals surface area contributed by atoms with Crippen LogP contribution in [0, 0.1) is 12.7 Å². The molecule has 0 spiro atoms. The second kappa shape index (κ2) is 5.61. The fourth-order valence-electron chi connectivity index (χ4n) is 1.78. The third-order valence-corrected chi connectivity index (χ3v) is 2.88. The van der Waals surface area contributed by atoms with Crippen LogP contribution in [0.25, 0.3) is 0 Å². The first-order chi connectivity index (χ1) is 9.10. The van der Waals surface area contributed by atoms with Gasteiger partial charge in [-0.3, -0.25) is 0 Å². The van der Waals surface area contributed by atoms with Crippen molar-refractivity contribution in [3.63, 3.8) is 0 Å². The number of halogens is 1. The van der Waals surface area contributed by atoms with E-state index in [0.717, 1.165) is 11.1 Å². The Labute approximate surface area is 111 Å². The predicted molar refractivity (Wildman–Crippen MR) is 72.9 cm³/mol. The van der Waals surface area contributed by atoms with Gasteiger partial charge >= 0.3 is 0 Å². The fourth-order valence-corrected chi connectivity index (χ4v) is 1.78. The first-order valence-electron chi connectivity index (χ1n) is 5.91. The van der Waals surface area contributed by atoms with Crippen molar-refractivity contribution < 1.29 is 13.9 Å². The first kappa shape index (κ1) is 13.2. The number of hydrogen-bond donors (Lipinski definition) is 1. The summed E-state index contributed by atoms with van der Waals surface area (Å²) >= 11 is 0. The van der Waals surface area contributed by atoms with Gasteiger partial charge in [0.15, 0.2) is 11.5 Å². The molecule has 2 rings (SSSR count). The van der Waals surface area contributed by atoms with E-state index in [0.29, 0.717) is 23.8 Å². The Bertz CT molecular complexity index is 584. The largest absolute Gasteiger partial charge is 0.493 e. The van der Waals surface area contributed by atoms with Crippen LogP contribution < -0.4 is 15.2 Å². The van der Waals surface area contributed by atoms with Crippen LogP contribution in [0.2, 0.25) is 0 Å². The molecule has 2 aromatic carbocycles. The molecule has 0 aromatic heterocycles. The average molecular weight is 261 g/mol. The van der Waals surface area contributed by atoms with Gasteiger partial charge < -0.3 is 15.2 Å². The van der Waals surface area contributed by atoms with Crippen LogP contribution in [-0.2, 0) is 6.61 Å². The summed E-state index contributed by atoms with van der Waals surface area (Å²) in [5, 5.41) is 0. The van der Waals surface area contributed by atoms with Crippen molar-refractivity contribution in [2.24, 2.45) is 0 Å². The highest BCUT2D eigenvalue weighted by Crippen LogP contribution is 2.29. The minimum absolute atomic E-state index is 0.244. The summed E-state index contributed by atoms with van der Waals surface area (Å²) < 4.78 is 23.9. The fraction of sp³-hybridized carbons (Fsp3) is 0.200. The molecule has 19 heavy (non-hydrogen) atoms. The van der Waals surface area contributed by atoms with Gasteiger partial charge in [-0.15, -0.1) is 0 Å². The molecule has 0 bridgehead atoms. The van der Waals surface area contributed by atoms with E-state index in [1.807, 2.05) is 6.92 Å². The van der Waals surface area contributed by atoms with Crippen molar-refractivity contribution in [3.8, 4) is 11.5 Å². The topological polar surface area (TPSA) is 44.5 Å². The number of nitrogens with two attached hydrogens (primary N) is 1. The summed E-state index contributed by atoms with van der Waals surface area (Å²) in [7, 11) is 1.56. The molecule has 0 aliphatic carbocycles. The number of ether oxygens (including phenoxy) is 2.